The van der Waals surface area contributed by atoms with Crippen LogP contribution in [0.25, 0.3) is 0 Å². The number of hydrogen-bond acceptors (Lipinski definition) is 3. The minimum atomic E-state index is -0.857. The van der Waals surface area contributed by atoms with Gasteiger partial charge in [-0.25, -0.2) is 0 Å². The summed E-state index contributed by atoms with van der Waals surface area (Å²) in [4.78, 5) is 26.9. The monoisotopic (exact) mass is 340 g/mol. The number of carboxylic acids is 1. The summed E-state index contributed by atoms with van der Waals surface area (Å²) in [7, 11) is 0. The average Bonchev–Trinajstić information content (AvgIpc) is 3.28. The minimum Gasteiger partial charge on any atom is -0.481 e. The van der Waals surface area contributed by atoms with Crippen LogP contribution in [0.2, 0.25) is 0 Å². The number of nitrogens with one attached hydrogen (secondary N) is 1. The largest absolute Gasteiger partial charge is 0.481 e. The molecule has 1 amide bonds. The molecule has 0 radical (unpaired) electrons. The quantitative estimate of drug-likeness (QED) is 0.809. The summed E-state index contributed by atoms with van der Waals surface area (Å²) in [6, 6.07) is 6.02. The Bertz CT molecular complexity index is 742. The molecule has 1 aromatic carbocycles. The molecular weight excluding hydrogens is 316 g/mol. The fourth-order valence-electron chi connectivity index (χ4n) is 4.81. The normalized spacial score (nSPS) is 29.8. The van der Waals surface area contributed by atoms with Crippen LogP contribution in [0.1, 0.15) is 30.9 Å². The van der Waals surface area contributed by atoms with Crippen LogP contribution >= 0.6 is 0 Å². The second-order valence-electron chi connectivity index (χ2n) is 7.48. The number of carbonyl (C=O) groups excluding carboxylic acids is 1. The molecule has 2 bridgehead atoms. The molecule has 1 saturated carbocycles. The van der Waals surface area contributed by atoms with Gasteiger partial charge in [-0.05, 0) is 48.4 Å². The highest BCUT2D eigenvalue weighted by Crippen LogP contribution is 2.48. The number of rotatable bonds is 5. The van der Waals surface area contributed by atoms with Gasteiger partial charge in [0.15, 0.2) is 0 Å². The van der Waals surface area contributed by atoms with Crippen molar-refractivity contribution >= 4 is 17.6 Å². The van der Waals surface area contributed by atoms with Crippen molar-refractivity contribution in [1.82, 2.24) is 4.90 Å². The third-order valence-electron chi connectivity index (χ3n) is 5.89. The van der Waals surface area contributed by atoms with E-state index in [0.29, 0.717) is 0 Å². The Morgan fingerprint density at radius 1 is 1.20 bits per heavy atom. The first-order valence-corrected chi connectivity index (χ1v) is 9.13. The van der Waals surface area contributed by atoms with Crippen molar-refractivity contribution in [1.29, 1.82) is 0 Å². The number of hydrogen-bond donors (Lipinski definition) is 2. The number of carbonyl (C=O) groups is 2. The molecule has 0 spiro atoms. The zero-order valence-electron chi connectivity index (χ0n) is 14.4. The predicted molar refractivity (Wildman–Crippen MR) is 94.8 cm³/mol. The summed E-state index contributed by atoms with van der Waals surface area (Å²) in [5, 5.41) is 12.6. The molecule has 5 heteroatoms. The standard InChI is InChI=1S/C20H24N2O3/c1-2-8-22-10-14-4-3-5-16(15(14)11-22)21-19(23)17-12-6-7-13(9-12)18(17)20(24)25/h3-7,12-13,17-18H,2,8-11H2,1H3,(H,21,23)(H,24,25). The molecule has 4 atom stereocenters. The number of nitrogens with zero attached hydrogens (tertiary/aromatic N) is 1. The highest BCUT2D eigenvalue weighted by molar-refractivity contribution is 5.97. The molecule has 0 saturated heterocycles. The molecule has 132 valence electrons. The molecule has 2 N–H and O–H groups in total. The fourth-order valence-corrected chi connectivity index (χ4v) is 4.81. The Labute approximate surface area is 147 Å². The summed E-state index contributed by atoms with van der Waals surface area (Å²) < 4.78 is 0. The Morgan fingerprint density at radius 2 is 1.96 bits per heavy atom. The third-order valence-corrected chi connectivity index (χ3v) is 5.89. The maximum absolute atomic E-state index is 12.9. The zero-order valence-corrected chi connectivity index (χ0v) is 14.4. The van der Waals surface area contributed by atoms with Gasteiger partial charge in [-0.3, -0.25) is 14.5 Å². The van der Waals surface area contributed by atoms with Crippen molar-refractivity contribution in [3.05, 3.63) is 41.5 Å². The van der Waals surface area contributed by atoms with Crippen LogP contribution < -0.4 is 5.32 Å². The lowest BCUT2D eigenvalue weighted by Gasteiger charge is -2.24. The van der Waals surface area contributed by atoms with Gasteiger partial charge in [0, 0.05) is 18.8 Å². The molecule has 1 heterocycles. The van der Waals surface area contributed by atoms with Crippen LogP contribution in [0, 0.1) is 23.7 Å². The smallest absolute Gasteiger partial charge is 0.307 e. The van der Waals surface area contributed by atoms with Gasteiger partial charge in [0.2, 0.25) is 5.91 Å². The lowest BCUT2D eigenvalue weighted by atomic mass is 9.82. The molecule has 25 heavy (non-hydrogen) atoms. The van der Waals surface area contributed by atoms with Crippen LogP contribution in [0.15, 0.2) is 30.4 Å². The van der Waals surface area contributed by atoms with E-state index in [0.717, 1.165) is 38.2 Å². The van der Waals surface area contributed by atoms with E-state index >= 15 is 0 Å². The molecule has 4 unspecified atom stereocenters. The molecule has 4 rings (SSSR count). The van der Waals surface area contributed by atoms with Gasteiger partial charge in [0.1, 0.15) is 0 Å². The van der Waals surface area contributed by atoms with Gasteiger partial charge in [0.25, 0.3) is 0 Å². The molecule has 2 aliphatic carbocycles. The van der Waals surface area contributed by atoms with Gasteiger partial charge >= 0.3 is 5.97 Å². The Hall–Kier alpha value is -2.14. The molecule has 0 aromatic heterocycles. The molecule has 1 aromatic rings. The number of aliphatic carboxylic acids is 1. The molecule has 1 fully saturated rings. The zero-order chi connectivity index (χ0) is 17.6. The second-order valence-corrected chi connectivity index (χ2v) is 7.48. The molecule has 5 nitrogen and oxygen atoms in total. The molecular formula is C20H24N2O3. The van der Waals surface area contributed by atoms with Crippen LogP contribution in [-0.2, 0) is 22.7 Å². The first-order chi connectivity index (χ1) is 12.1. The summed E-state index contributed by atoms with van der Waals surface area (Å²) >= 11 is 0. The highest BCUT2D eigenvalue weighted by Gasteiger charge is 2.51. The first kappa shape index (κ1) is 16.3. The van der Waals surface area contributed by atoms with Crippen molar-refractivity contribution in [2.24, 2.45) is 23.7 Å². The van der Waals surface area contributed by atoms with E-state index in [9.17, 15) is 14.7 Å². The summed E-state index contributed by atoms with van der Waals surface area (Å²) in [5.41, 5.74) is 3.28. The van der Waals surface area contributed by atoms with E-state index in [1.165, 1.54) is 11.1 Å². The van der Waals surface area contributed by atoms with E-state index in [1.807, 2.05) is 24.3 Å². The van der Waals surface area contributed by atoms with Gasteiger partial charge in [-0.1, -0.05) is 31.2 Å². The van der Waals surface area contributed by atoms with E-state index < -0.39 is 17.8 Å². The topological polar surface area (TPSA) is 69.6 Å². The van der Waals surface area contributed by atoms with Crippen molar-refractivity contribution in [2.45, 2.75) is 32.9 Å². The maximum atomic E-state index is 12.9. The minimum absolute atomic E-state index is 0.000200. The Morgan fingerprint density at radius 3 is 2.68 bits per heavy atom. The van der Waals surface area contributed by atoms with Crippen LogP contribution in [0.5, 0.6) is 0 Å². The molecule has 1 aliphatic heterocycles. The third kappa shape index (κ3) is 2.76. The van der Waals surface area contributed by atoms with Crippen molar-refractivity contribution < 1.29 is 14.7 Å². The van der Waals surface area contributed by atoms with E-state index in [2.05, 4.69) is 23.2 Å². The van der Waals surface area contributed by atoms with Crippen molar-refractivity contribution in [3.63, 3.8) is 0 Å². The number of fused-ring (bicyclic) bond motifs is 3. The van der Waals surface area contributed by atoms with Gasteiger partial charge in [-0.15, -0.1) is 0 Å². The van der Waals surface area contributed by atoms with Crippen LogP contribution in [-0.4, -0.2) is 28.4 Å². The Kier molecular flexibility index (Phi) is 4.12. The highest BCUT2D eigenvalue weighted by atomic mass is 16.4. The lowest BCUT2D eigenvalue weighted by molar-refractivity contribution is -0.146. The second kappa shape index (κ2) is 6.30. The van der Waals surface area contributed by atoms with Crippen molar-refractivity contribution in [3.8, 4) is 0 Å². The maximum Gasteiger partial charge on any atom is 0.307 e. The predicted octanol–water partition coefficient (Wildman–Crippen LogP) is 2.87. The summed E-state index contributed by atoms with van der Waals surface area (Å²) in [6.45, 7) is 4.97. The van der Waals surface area contributed by atoms with Crippen LogP contribution in [0.3, 0.4) is 0 Å². The number of anilines is 1. The van der Waals surface area contributed by atoms with Crippen molar-refractivity contribution in [2.75, 3.05) is 11.9 Å². The van der Waals surface area contributed by atoms with Gasteiger partial charge < -0.3 is 10.4 Å². The number of allylic oxidation sites excluding steroid dienone is 2. The average molecular weight is 340 g/mol. The van der Waals surface area contributed by atoms with Gasteiger partial charge in [-0.2, -0.15) is 0 Å². The summed E-state index contributed by atoms with van der Waals surface area (Å²) in [5.74, 6) is -2.00. The summed E-state index contributed by atoms with van der Waals surface area (Å²) in [6.07, 6.45) is 5.88. The van der Waals surface area contributed by atoms with E-state index in [-0.39, 0.29) is 17.7 Å². The van der Waals surface area contributed by atoms with Crippen LogP contribution in [0.4, 0.5) is 5.69 Å². The number of carboxylic acid groups (broad SMARTS) is 1. The van der Waals surface area contributed by atoms with Gasteiger partial charge in [0.05, 0.1) is 11.8 Å². The number of amides is 1. The molecule has 3 aliphatic rings. The first-order valence-electron chi connectivity index (χ1n) is 9.13. The lowest BCUT2D eigenvalue weighted by Crippen LogP contribution is -2.36. The van der Waals surface area contributed by atoms with E-state index in [4.69, 9.17) is 0 Å². The SMILES string of the molecule is CCCN1Cc2cccc(NC(=O)C3C4C=CC(C4)C3C(=O)O)c2C1. The number of benzene rings is 1. The van der Waals surface area contributed by atoms with E-state index in [1.54, 1.807) is 0 Å². The fraction of sp³-hybridized carbons (Fsp3) is 0.500. The Balaban J connectivity index is 1.54.